The third kappa shape index (κ3) is 6.76. The normalized spacial score (nSPS) is 18.6. The summed E-state index contributed by atoms with van der Waals surface area (Å²) in [5.74, 6) is -5.99. The van der Waals surface area contributed by atoms with Crippen molar-refractivity contribution in [2.45, 2.75) is 77.0 Å². The van der Waals surface area contributed by atoms with E-state index < -0.39 is 59.1 Å². The van der Waals surface area contributed by atoms with Crippen LogP contribution in [0.4, 0.5) is 0 Å². The molecule has 49 heavy (non-hydrogen) atoms. The number of nitrogens with zero attached hydrogens (tertiary/aromatic N) is 4. The van der Waals surface area contributed by atoms with Gasteiger partial charge in [0.25, 0.3) is 0 Å². The van der Waals surface area contributed by atoms with Crippen LogP contribution in [0, 0.1) is 13.8 Å². The minimum Gasteiger partial charge on any atom is -0.657 e. The standard InChI is InChI=1S/C34H34N4O10.Fe/c1-15-17(5-7-27(39)40)21-10-22-18(6-8-28(41)42)16(2)20(36-22)11-25-33(3,13-29(43)44)32(48)24(38-25)12-26-34(4,14-30(45)46)31(47)23(37-26)9-19(15)35-21;/h9-12H,5-8,13-14H2,1-4H3,(H6,35,36,37,38,39,40,41,42,43,44,45,46,47,48);/p-2/t33-,34-;/m1./s1. The maximum absolute atomic E-state index is 13.9. The second-order valence-corrected chi connectivity index (χ2v) is 12.6. The van der Waals surface area contributed by atoms with Gasteiger partial charge >= 0.3 is 23.9 Å². The van der Waals surface area contributed by atoms with Crippen molar-refractivity contribution in [1.29, 1.82) is 0 Å². The number of aliphatic carboxylic acids is 4. The van der Waals surface area contributed by atoms with E-state index in [0.717, 1.165) is 0 Å². The number of rotatable bonds is 10. The van der Waals surface area contributed by atoms with Gasteiger partial charge in [0.2, 0.25) is 0 Å². The molecule has 258 valence electrons. The molecule has 0 spiro atoms. The van der Waals surface area contributed by atoms with E-state index in [1.165, 1.54) is 32.0 Å². The summed E-state index contributed by atoms with van der Waals surface area (Å²) in [4.78, 5) is 93.1. The Bertz CT molecular complexity index is 2120. The fourth-order valence-corrected chi connectivity index (χ4v) is 6.32. The third-order valence-electron chi connectivity index (χ3n) is 9.14. The van der Waals surface area contributed by atoms with Crippen molar-refractivity contribution < 1.29 is 66.3 Å². The average molecular weight is 712 g/mol. The Morgan fingerprint density at radius 2 is 1.00 bits per heavy atom. The van der Waals surface area contributed by atoms with Crippen molar-refractivity contribution in [2.75, 3.05) is 0 Å². The summed E-state index contributed by atoms with van der Waals surface area (Å²) in [5.41, 5.74) is -0.243. The van der Waals surface area contributed by atoms with Gasteiger partial charge in [-0.25, -0.2) is 9.97 Å². The van der Waals surface area contributed by atoms with E-state index in [4.69, 9.17) is 9.97 Å². The summed E-state index contributed by atoms with van der Waals surface area (Å²) >= 11 is 0. The first-order valence-corrected chi connectivity index (χ1v) is 15.0. The maximum Gasteiger partial charge on any atom is 0.304 e. The van der Waals surface area contributed by atoms with Crippen LogP contribution >= 0.6 is 0 Å². The quantitative estimate of drug-likeness (QED) is 0.220. The molecule has 5 heterocycles. The van der Waals surface area contributed by atoms with Crippen LogP contribution in [0.3, 0.4) is 0 Å². The van der Waals surface area contributed by atoms with Crippen LogP contribution in [-0.2, 0) is 59.9 Å². The van der Waals surface area contributed by atoms with Gasteiger partial charge in [0.15, 0.2) is 11.6 Å². The molecule has 0 amide bonds. The smallest absolute Gasteiger partial charge is 0.304 e. The molecule has 3 aromatic heterocycles. The predicted octanol–water partition coefficient (Wildman–Crippen LogP) is 3.45. The van der Waals surface area contributed by atoms with Crippen molar-refractivity contribution in [2.24, 2.45) is 0 Å². The Morgan fingerprint density at radius 1 is 0.612 bits per heavy atom. The zero-order valence-electron chi connectivity index (χ0n) is 26.9. The number of hydrogen-bond donors (Lipinski definition) is 4. The van der Waals surface area contributed by atoms with Crippen LogP contribution in [0.5, 0.6) is 0 Å². The van der Waals surface area contributed by atoms with Crippen LogP contribution in [0.25, 0.3) is 22.1 Å². The largest absolute Gasteiger partial charge is 0.657 e. The molecule has 14 nitrogen and oxygen atoms in total. The van der Waals surface area contributed by atoms with Crippen LogP contribution in [-0.4, -0.2) is 65.8 Å². The molecule has 4 N–H and O–H groups in total. The Labute approximate surface area is 289 Å². The number of carbonyl (C=O) groups is 6. The molecular formula is C34H32FeN4O10-2. The molecule has 2 aliphatic heterocycles. The summed E-state index contributed by atoms with van der Waals surface area (Å²) in [6, 6.07) is 5.66. The molecule has 15 heteroatoms. The second-order valence-electron chi connectivity index (χ2n) is 12.6. The first kappa shape index (κ1) is 36.7. The fraction of sp³-hybridized carbons (Fsp3) is 0.353. The number of hydrogen-bond acceptors (Lipinski definition) is 8. The zero-order chi connectivity index (χ0) is 35.3. The van der Waals surface area contributed by atoms with Crippen molar-refractivity contribution in [3.8, 4) is 0 Å². The summed E-state index contributed by atoms with van der Waals surface area (Å²) < 4.78 is 0. The Balaban J connectivity index is 0.00000541. The van der Waals surface area contributed by atoms with E-state index in [2.05, 4.69) is 9.97 Å². The fourth-order valence-electron chi connectivity index (χ4n) is 6.32. The molecule has 2 atom stereocenters. The van der Waals surface area contributed by atoms with Crippen molar-refractivity contribution in [1.82, 2.24) is 19.9 Å². The Kier molecular flexibility index (Phi) is 10.0. The molecule has 0 unspecified atom stereocenters. The van der Waals surface area contributed by atoms with Gasteiger partial charge in [0.1, 0.15) is 11.4 Å². The van der Waals surface area contributed by atoms with Crippen LogP contribution < -0.4 is 9.97 Å². The predicted molar refractivity (Wildman–Crippen MR) is 168 cm³/mol. The van der Waals surface area contributed by atoms with Gasteiger partial charge in [0, 0.05) is 29.9 Å². The van der Waals surface area contributed by atoms with Gasteiger partial charge in [-0.3, -0.25) is 28.8 Å². The number of carboxylic acids is 4. The van der Waals surface area contributed by atoms with Crippen LogP contribution in [0.2, 0.25) is 0 Å². The van der Waals surface area contributed by atoms with Gasteiger partial charge < -0.3 is 30.4 Å². The van der Waals surface area contributed by atoms with E-state index in [1.807, 2.05) is 0 Å². The summed E-state index contributed by atoms with van der Waals surface area (Å²) in [7, 11) is 0. The maximum atomic E-state index is 13.9. The van der Waals surface area contributed by atoms with E-state index in [1.54, 1.807) is 19.9 Å². The SMILES string of the molecule is Cc1c(CCC(=O)O)c2cc3[n-]c(cc4nc(cc5nc(cc1[n-]2)C(=O)[C@]5(C)CC(=O)O)C(=O)[C@]4(C)CC(=O)O)c(C)c3CCC(=O)O.[Fe]. The minimum absolute atomic E-state index is 0. The topological polar surface area (TPSA) is 237 Å². The molecule has 5 rings (SSSR count). The Morgan fingerprint density at radius 3 is 1.41 bits per heavy atom. The summed E-state index contributed by atoms with van der Waals surface area (Å²) in [5, 5.41) is 38.4. The molecule has 0 aliphatic carbocycles. The molecule has 0 saturated heterocycles. The van der Waals surface area contributed by atoms with E-state index in [0.29, 0.717) is 38.8 Å². The molecule has 0 radical (unpaired) electrons. The van der Waals surface area contributed by atoms with Gasteiger partial charge in [0.05, 0.1) is 35.1 Å². The number of carbonyl (C=O) groups excluding carboxylic acids is 2. The summed E-state index contributed by atoms with van der Waals surface area (Å²) in [6.45, 7) is 6.22. The van der Waals surface area contributed by atoms with E-state index in [9.17, 15) is 49.2 Å². The average Bonchev–Trinajstić information content (AvgIpc) is 3.58. The second kappa shape index (κ2) is 13.4. The molecule has 0 aromatic carbocycles. The first-order chi connectivity index (χ1) is 22.4. The molecule has 0 saturated carbocycles. The van der Waals surface area contributed by atoms with Gasteiger partial charge in [-0.2, -0.15) is 0 Å². The van der Waals surface area contributed by atoms with E-state index >= 15 is 0 Å². The number of fused-ring (bicyclic) bond motifs is 8. The molecule has 0 fully saturated rings. The molecule has 2 aliphatic rings. The van der Waals surface area contributed by atoms with Crippen molar-refractivity contribution >= 4 is 57.5 Å². The number of carboxylic acid groups (broad SMARTS) is 4. The van der Waals surface area contributed by atoms with E-state index in [-0.39, 0.29) is 71.0 Å². The number of Topliss-reactive ketones (excluding diaryl/α,β-unsaturated/α-hetero) is 2. The first-order valence-electron chi connectivity index (χ1n) is 15.0. The molecule has 3 aromatic rings. The monoisotopic (exact) mass is 712 g/mol. The van der Waals surface area contributed by atoms with Crippen molar-refractivity contribution in [3.63, 3.8) is 0 Å². The van der Waals surface area contributed by atoms with Gasteiger partial charge in [-0.05, 0) is 52.7 Å². The van der Waals surface area contributed by atoms with Crippen molar-refractivity contribution in [3.05, 3.63) is 69.3 Å². The number of ketones is 2. The third-order valence-corrected chi connectivity index (χ3v) is 9.14. The summed E-state index contributed by atoms with van der Waals surface area (Å²) in [6.07, 6.45) is -1.62. The van der Waals surface area contributed by atoms with Gasteiger partial charge in [-0.15, -0.1) is 22.1 Å². The van der Waals surface area contributed by atoms with Crippen LogP contribution in [0.15, 0.2) is 24.3 Å². The van der Waals surface area contributed by atoms with Gasteiger partial charge in [-0.1, -0.05) is 34.4 Å². The minimum atomic E-state index is -1.71. The Hall–Kier alpha value is -5.14. The molecular weight excluding hydrogens is 680 g/mol. The zero-order valence-corrected chi connectivity index (χ0v) is 28.0. The molecule has 8 bridgehead atoms. The number of aryl methyl sites for hydroxylation is 4. The number of aromatic nitrogens is 4. The van der Waals surface area contributed by atoms with Crippen LogP contribution in [0.1, 0.15) is 94.1 Å².